The fourth-order valence-electron chi connectivity index (χ4n) is 4.17. The quantitative estimate of drug-likeness (QED) is 0.200. The Morgan fingerprint density at radius 1 is 0.971 bits per heavy atom. The van der Waals surface area contributed by atoms with Crippen LogP contribution in [0.1, 0.15) is 33.3 Å². The number of fused-ring (bicyclic) bond motifs is 2. The Hall–Kier alpha value is -3.46. The van der Waals surface area contributed by atoms with Gasteiger partial charge in [0.15, 0.2) is 9.77 Å². The van der Waals surface area contributed by atoms with E-state index in [1.807, 2.05) is 48.5 Å². The van der Waals surface area contributed by atoms with Gasteiger partial charge in [-0.05, 0) is 29.3 Å². The fourth-order valence-corrected chi connectivity index (χ4v) is 6.17. The number of halogens is 1. The number of aromatic nitrogens is 2. The summed E-state index contributed by atoms with van der Waals surface area (Å²) in [5.41, 5.74) is 2.26. The molecule has 1 amide bonds. The van der Waals surface area contributed by atoms with Crippen molar-refractivity contribution in [1.29, 1.82) is 0 Å². The molecule has 3 heterocycles. The van der Waals surface area contributed by atoms with Gasteiger partial charge in [0.25, 0.3) is 5.91 Å². The van der Waals surface area contributed by atoms with Gasteiger partial charge in [-0.3, -0.25) is 14.5 Å². The smallest absolute Gasteiger partial charge is 0.297 e. The Morgan fingerprint density at radius 2 is 1.71 bits per heavy atom. The summed E-state index contributed by atoms with van der Waals surface area (Å²) in [6.45, 7) is 0. The lowest BCUT2D eigenvalue weighted by atomic mass is 9.99. The van der Waals surface area contributed by atoms with E-state index in [-0.39, 0.29) is 16.8 Å². The molecule has 6 nitrogen and oxygen atoms in total. The van der Waals surface area contributed by atoms with Crippen molar-refractivity contribution in [3.05, 3.63) is 117 Å². The predicted octanol–water partition coefficient (Wildman–Crippen LogP) is 6.34. The van der Waals surface area contributed by atoms with Gasteiger partial charge in [-0.15, -0.1) is 10.2 Å². The molecule has 0 saturated heterocycles. The van der Waals surface area contributed by atoms with Crippen molar-refractivity contribution in [2.45, 2.75) is 16.1 Å². The molecule has 172 valence electrons. The third-order valence-corrected chi connectivity index (χ3v) is 8.12. The van der Waals surface area contributed by atoms with E-state index < -0.39 is 11.9 Å². The van der Waals surface area contributed by atoms with E-state index in [0.717, 1.165) is 15.7 Å². The second-order valence-corrected chi connectivity index (χ2v) is 10.5. The number of amides is 1. The van der Waals surface area contributed by atoms with Gasteiger partial charge in [0.2, 0.25) is 10.9 Å². The highest BCUT2D eigenvalue weighted by molar-refractivity contribution is 8.00. The maximum atomic E-state index is 13.6. The van der Waals surface area contributed by atoms with Gasteiger partial charge in [0.1, 0.15) is 5.58 Å². The van der Waals surface area contributed by atoms with Gasteiger partial charge in [0, 0.05) is 10.8 Å². The highest BCUT2D eigenvalue weighted by Crippen LogP contribution is 2.43. The molecule has 1 aliphatic rings. The van der Waals surface area contributed by atoms with Gasteiger partial charge < -0.3 is 4.42 Å². The van der Waals surface area contributed by atoms with E-state index in [1.165, 1.54) is 21.8 Å². The first-order chi connectivity index (χ1) is 17.1. The molecule has 2 aromatic heterocycles. The van der Waals surface area contributed by atoms with Crippen LogP contribution in [0.4, 0.5) is 5.13 Å². The fraction of sp³-hybridized carbons (Fsp3) is 0.0769. The first-order valence-electron chi connectivity index (χ1n) is 10.7. The molecular weight excluding hydrogens is 502 g/mol. The number of nitrogens with zero attached hydrogens (tertiary/aromatic N) is 3. The molecule has 0 radical (unpaired) electrons. The maximum Gasteiger partial charge on any atom is 0.297 e. The van der Waals surface area contributed by atoms with Crippen molar-refractivity contribution in [2.24, 2.45) is 0 Å². The Labute approximate surface area is 213 Å². The lowest BCUT2D eigenvalue weighted by Crippen LogP contribution is -2.29. The Kier molecular flexibility index (Phi) is 5.64. The van der Waals surface area contributed by atoms with Crippen LogP contribution in [0.5, 0.6) is 0 Å². The minimum absolute atomic E-state index is 0.0207. The van der Waals surface area contributed by atoms with E-state index in [1.54, 1.807) is 30.0 Å². The molecule has 0 unspecified atom stereocenters. The molecule has 5 aromatic rings. The molecular formula is C26H16ClN3O3S2. The number of hydrogen-bond acceptors (Lipinski definition) is 7. The molecule has 0 fully saturated rings. The second-order valence-electron chi connectivity index (χ2n) is 7.93. The van der Waals surface area contributed by atoms with Crippen LogP contribution in [0, 0.1) is 0 Å². The molecule has 0 spiro atoms. The topological polar surface area (TPSA) is 76.3 Å². The van der Waals surface area contributed by atoms with Gasteiger partial charge in [-0.25, -0.2) is 0 Å². The molecule has 0 saturated carbocycles. The zero-order valence-electron chi connectivity index (χ0n) is 18.1. The van der Waals surface area contributed by atoms with E-state index in [2.05, 4.69) is 22.3 Å². The van der Waals surface area contributed by atoms with Crippen LogP contribution in [0.25, 0.3) is 11.0 Å². The van der Waals surface area contributed by atoms with Crippen LogP contribution in [-0.2, 0) is 5.75 Å². The van der Waals surface area contributed by atoms with Crippen LogP contribution < -0.4 is 10.3 Å². The molecule has 1 aliphatic heterocycles. The minimum atomic E-state index is -0.682. The van der Waals surface area contributed by atoms with Crippen LogP contribution in [-0.4, -0.2) is 16.1 Å². The zero-order chi connectivity index (χ0) is 23.9. The summed E-state index contributed by atoms with van der Waals surface area (Å²) in [5.74, 6) is 0.337. The monoisotopic (exact) mass is 517 g/mol. The molecule has 1 atom stereocenters. The number of carbonyl (C=O) groups is 1. The van der Waals surface area contributed by atoms with Crippen molar-refractivity contribution in [2.75, 3.05) is 4.90 Å². The standard InChI is InChI=1S/C26H16ClN3O3S2/c27-17-11-12-19-18(13-17)22(31)20-21(16-9-5-2-6-10-16)30(24(32)23(20)33-19)25-28-29-26(35-25)34-14-15-7-3-1-4-8-15/h1-13,21H,14H2/t21-/m1/s1. The third-order valence-electron chi connectivity index (χ3n) is 5.75. The van der Waals surface area contributed by atoms with E-state index in [9.17, 15) is 9.59 Å². The predicted molar refractivity (Wildman–Crippen MR) is 139 cm³/mol. The first-order valence-corrected chi connectivity index (χ1v) is 12.9. The first kappa shape index (κ1) is 22.0. The number of carbonyl (C=O) groups excluding carboxylic acids is 1. The van der Waals surface area contributed by atoms with Crippen LogP contribution >= 0.6 is 34.7 Å². The zero-order valence-corrected chi connectivity index (χ0v) is 20.4. The summed E-state index contributed by atoms with van der Waals surface area (Å²) in [4.78, 5) is 28.8. The van der Waals surface area contributed by atoms with E-state index in [0.29, 0.717) is 21.1 Å². The Bertz CT molecular complexity index is 1620. The largest absolute Gasteiger partial charge is 0.450 e. The van der Waals surface area contributed by atoms with Crippen molar-refractivity contribution in [3.63, 3.8) is 0 Å². The lowest BCUT2D eigenvalue weighted by Gasteiger charge is -2.21. The summed E-state index contributed by atoms with van der Waals surface area (Å²) >= 11 is 9.01. The summed E-state index contributed by atoms with van der Waals surface area (Å²) in [6.07, 6.45) is 0. The minimum Gasteiger partial charge on any atom is -0.450 e. The summed E-state index contributed by atoms with van der Waals surface area (Å²) in [5, 5.41) is 9.79. The number of hydrogen-bond donors (Lipinski definition) is 0. The van der Waals surface area contributed by atoms with Gasteiger partial charge in [0.05, 0.1) is 17.0 Å². The number of thioether (sulfide) groups is 1. The summed E-state index contributed by atoms with van der Waals surface area (Å²) < 4.78 is 6.70. The Balaban J connectivity index is 1.44. The van der Waals surface area contributed by atoms with Crippen molar-refractivity contribution in [1.82, 2.24) is 10.2 Å². The van der Waals surface area contributed by atoms with Gasteiger partial charge >= 0.3 is 0 Å². The highest BCUT2D eigenvalue weighted by Gasteiger charge is 2.45. The average molecular weight is 518 g/mol. The Morgan fingerprint density at radius 3 is 2.49 bits per heavy atom. The van der Waals surface area contributed by atoms with Crippen molar-refractivity contribution >= 4 is 56.7 Å². The molecule has 0 bridgehead atoms. The number of anilines is 1. The molecule has 35 heavy (non-hydrogen) atoms. The molecule has 3 aromatic carbocycles. The number of benzene rings is 3. The number of rotatable bonds is 5. The van der Waals surface area contributed by atoms with Gasteiger partial charge in [-0.1, -0.05) is 95.4 Å². The average Bonchev–Trinajstić information content (AvgIpc) is 3.47. The van der Waals surface area contributed by atoms with E-state index in [4.69, 9.17) is 16.0 Å². The summed E-state index contributed by atoms with van der Waals surface area (Å²) in [7, 11) is 0. The van der Waals surface area contributed by atoms with Crippen molar-refractivity contribution in [3.8, 4) is 0 Å². The second kappa shape index (κ2) is 8.96. The van der Waals surface area contributed by atoms with Crippen LogP contribution in [0.15, 0.2) is 92.4 Å². The lowest BCUT2D eigenvalue weighted by molar-refractivity contribution is 0.0970. The van der Waals surface area contributed by atoms with Crippen LogP contribution in [0.3, 0.4) is 0 Å². The van der Waals surface area contributed by atoms with Crippen LogP contribution in [0.2, 0.25) is 5.02 Å². The maximum absolute atomic E-state index is 13.6. The SMILES string of the molecule is O=C1c2oc3ccc(Cl)cc3c(=O)c2[C@@H](c2ccccc2)N1c1nnc(SCc2ccccc2)s1. The normalized spacial score (nSPS) is 15.1. The molecule has 9 heteroatoms. The third kappa shape index (κ3) is 3.93. The molecule has 6 rings (SSSR count). The van der Waals surface area contributed by atoms with Gasteiger partial charge in [-0.2, -0.15) is 0 Å². The molecule has 0 aliphatic carbocycles. The highest BCUT2D eigenvalue weighted by atomic mass is 35.5. The van der Waals surface area contributed by atoms with E-state index >= 15 is 0 Å². The summed E-state index contributed by atoms with van der Waals surface area (Å²) in [6, 6.07) is 23.6. The van der Waals surface area contributed by atoms with Crippen molar-refractivity contribution < 1.29 is 9.21 Å². The molecule has 0 N–H and O–H groups in total.